The molecule has 7 nitrogen and oxygen atoms in total. The van der Waals surface area contributed by atoms with Gasteiger partial charge in [0.25, 0.3) is 11.1 Å². The summed E-state index contributed by atoms with van der Waals surface area (Å²) >= 11 is 1.15. The van der Waals surface area contributed by atoms with Crippen LogP contribution in [0.5, 0.6) is 0 Å². The van der Waals surface area contributed by atoms with Crippen LogP contribution in [0.15, 0.2) is 63.3 Å². The molecule has 8 heteroatoms. The Kier molecular flexibility index (Phi) is 5.10. The molecule has 0 aliphatic rings. The van der Waals surface area contributed by atoms with Crippen molar-refractivity contribution in [3.05, 3.63) is 59.7 Å². The number of para-hydroxylation sites is 2. The molecule has 0 aliphatic carbocycles. The Bertz CT molecular complexity index is 919. The number of aromatic nitrogens is 1. The maximum Gasteiger partial charge on any atom is 0.336 e. The zero-order chi connectivity index (χ0) is 17.6. The van der Waals surface area contributed by atoms with Gasteiger partial charge in [-0.2, -0.15) is 5.10 Å². The lowest BCUT2D eigenvalue weighted by Crippen LogP contribution is -2.19. The molecule has 2 N–H and O–H groups in total. The first kappa shape index (κ1) is 16.7. The van der Waals surface area contributed by atoms with Crippen LogP contribution in [0.3, 0.4) is 0 Å². The van der Waals surface area contributed by atoms with E-state index >= 15 is 0 Å². The second-order valence-corrected chi connectivity index (χ2v) is 5.85. The fraction of sp³-hybridized carbons (Fsp3) is 0.0588. The van der Waals surface area contributed by atoms with Gasteiger partial charge in [-0.15, -0.1) is 0 Å². The van der Waals surface area contributed by atoms with Gasteiger partial charge in [0.15, 0.2) is 5.58 Å². The predicted molar refractivity (Wildman–Crippen MR) is 93.9 cm³/mol. The Morgan fingerprint density at radius 2 is 1.96 bits per heavy atom. The van der Waals surface area contributed by atoms with Crippen molar-refractivity contribution in [3.63, 3.8) is 0 Å². The van der Waals surface area contributed by atoms with Crippen LogP contribution in [0.1, 0.15) is 15.9 Å². The lowest BCUT2D eigenvalue weighted by atomic mass is 10.1. The smallest absolute Gasteiger partial charge is 0.336 e. The SMILES string of the molecule is O=C(CSc1nc2ccccc2o1)NN=Cc1ccccc1C(=O)O. The van der Waals surface area contributed by atoms with Crippen LogP contribution in [-0.4, -0.2) is 33.9 Å². The number of hydrogen-bond donors (Lipinski definition) is 2. The van der Waals surface area contributed by atoms with Crippen molar-refractivity contribution in [3.8, 4) is 0 Å². The van der Waals surface area contributed by atoms with Crippen molar-refractivity contribution < 1.29 is 19.1 Å². The van der Waals surface area contributed by atoms with Crippen molar-refractivity contribution in [2.24, 2.45) is 5.10 Å². The highest BCUT2D eigenvalue weighted by Gasteiger charge is 2.09. The Balaban J connectivity index is 1.55. The quantitative estimate of drug-likeness (QED) is 0.400. The van der Waals surface area contributed by atoms with Gasteiger partial charge in [-0.1, -0.05) is 42.1 Å². The average molecular weight is 355 g/mol. The molecule has 0 fully saturated rings. The Morgan fingerprint density at radius 1 is 1.20 bits per heavy atom. The molecule has 0 atom stereocenters. The number of aromatic carboxylic acids is 1. The Labute approximate surface area is 146 Å². The maximum atomic E-state index is 11.8. The van der Waals surface area contributed by atoms with E-state index in [1.165, 1.54) is 12.3 Å². The van der Waals surface area contributed by atoms with E-state index in [2.05, 4.69) is 15.5 Å². The van der Waals surface area contributed by atoms with E-state index in [9.17, 15) is 9.59 Å². The number of carboxylic acids is 1. The fourth-order valence-corrected chi connectivity index (χ4v) is 2.68. The van der Waals surface area contributed by atoms with Gasteiger partial charge in [-0.25, -0.2) is 15.2 Å². The summed E-state index contributed by atoms with van der Waals surface area (Å²) in [5.74, 6) is -1.33. The lowest BCUT2D eigenvalue weighted by Gasteiger charge is -2.00. The molecule has 0 aliphatic heterocycles. The minimum Gasteiger partial charge on any atom is -0.478 e. The molecule has 3 aromatic rings. The first-order valence-corrected chi connectivity index (χ1v) is 8.24. The summed E-state index contributed by atoms with van der Waals surface area (Å²) in [6, 6.07) is 13.7. The second-order valence-electron chi connectivity index (χ2n) is 4.92. The van der Waals surface area contributed by atoms with Crippen LogP contribution in [0.2, 0.25) is 0 Å². The minimum atomic E-state index is -1.06. The molecule has 0 radical (unpaired) electrons. The van der Waals surface area contributed by atoms with Gasteiger partial charge in [0.2, 0.25) is 0 Å². The topological polar surface area (TPSA) is 105 Å². The first-order chi connectivity index (χ1) is 12.1. The van der Waals surface area contributed by atoms with Crippen LogP contribution in [0, 0.1) is 0 Å². The number of carbonyl (C=O) groups excluding carboxylic acids is 1. The molecule has 126 valence electrons. The molecule has 0 spiro atoms. The highest BCUT2D eigenvalue weighted by molar-refractivity contribution is 7.99. The van der Waals surface area contributed by atoms with E-state index in [-0.39, 0.29) is 17.2 Å². The molecule has 3 rings (SSSR count). The standard InChI is InChI=1S/C17H13N3O4S/c21-15(10-25-17-19-13-7-3-4-8-14(13)24-17)20-18-9-11-5-1-2-6-12(11)16(22)23/h1-9H,10H2,(H,20,21)(H,22,23). The minimum absolute atomic E-state index is 0.0741. The van der Waals surface area contributed by atoms with E-state index in [0.29, 0.717) is 16.4 Å². The van der Waals surface area contributed by atoms with Crippen LogP contribution >= 0.6 is 11.8 Å². The molecule has 1 heterocycles. The Morgan fingerprint density at radius 3 is 2.76 bits per heavy atom. The van der Waals surface area contributed by atoms with Crippen LogP contribution in [0.25, 0.3) is 11.1 Å². The molecule has 0 bridgehead atoms. The summed E-state index contributed by atoms with van der Waals surface area (Å²) < 4.78 is 5.50. The molecule has 0 unspecified atom stereocenters. The van der Waals surface area contributed by atoms with Gasteiger partial charge in [0.05, 0.1) is 17.5 Å². The number of nitrogens with zero attached hydrogens (tertiary/aromatic N) is 2. The number of carbonyl (C=O) groups is 2. The fourth-order valence-electron chi connectivity index (χ4n) is 2.05. The van der Waals surface area contributed by atoms with Crippen molar-refractivity contribution in [2.75, 3.05) is 5.75 Å². The largest absolute Gasteiger partial charge is 0.478 e. The van der Waals surface area contributed by atoms with Crippen LogP contribution in [-0.2, 0) is 4.79 Å². The number of oxazole rings is 1. The normalized spacial score (nSPS) is 11.0. The molecular formula is C17H13N3O4S. The number of nitrogens with one attached hydrogen (secondary N) is 1. The van der Waals surface area contributed by atoms with E-state index in [1.807, 2.05) is 18.2 Å². The van der Waals surface area contributed by atoms with Crippen molar-refractivity contribution in [2.45, 2.75) is 5.22 Å². The van der Waals surface area contributed by atoms with E-state index in [0.717, 1.165) is 17.3 Å². The van der Waals surface area contributed by atoms with Crippen molar-refractivity contribution in [1.82, 2.24) is 10.4 Å². The van der Waals surface area contributed by atoms with E-state index < -0.39 is 5.97 Å². The average Bonchev–Trinajstić information content (AvgIpc) is 3.03. The number of fused-ring (bicyclic) bond motifs is 1. The first-order valence-electron chi connectivity index (χ1n) is 7.26. The van der Waals surface area contributed by atoms with E-state index in [4.69, 9.17) is 9.52 Å². The van der Waals surface area contributed by atoms with Gasteiger partial charge < -0.3 is 9.52 Å². The maximum absolute atomic E-state index is 11.8. The molecule has 25 heavy (non-hydrogen) atoms. The molecule has 0 saturated heterocycles. The van der Waals surface area contributed by atoms with Crippen LogP contribution in [0.4, 0.5) is 0 Å². The van der Waals surface area contributed by atoms with Gasteiger partial charge in [0.1, 0.15) is 5.52 Å². The monoisotopic (exact) mass is 355 g/mol. The number of thioether (sulfide) groups is 1. The molecule has 0 saturated carbocycles. The summed E-state index contributed by atoms with van der Waals surface area (Å²) in [6.45, 7) is 0. The molecular weight excluding hydrogens is 342 g/mol. The summed E-state index contributed by atoms with van der Waals surface area (Å²) in [4.78, 5) is 27.1. The second kappa shape index (κ2) is 7.63. The lowest BCUT2D eigenvalue weighted by molar-refractivity contribution is -0.118. The van der Waals surface area contributed by atoms with Gasteiger partial charge in [0, 0.05) is 5.56 Å². The summed E-state index contributed by atoms with van der Waals surface area (Å²) in [7, 11) is 0. The third kappa shape index (κ3) is 4.24. The zero-order valence-corrected chi connectivity index (χ0v) is 13.7. The third-order valence-electron chi connectivity index (χ3n) is 3.19. The molecule has 1 amide bonds. The number of hydrogen-bond acceptors (Lipinski definition) is 6. The van der Waals surface area contributed by atoms with Crippen molar-refractivity contribution >= 4 is 41.0 Å². The highest BCUT2D eigenvalue weighted by atomic mass is 32.2. The number of benzene rings is 2. The number of rotatable bonds is 6. The predicted octanol–water partition coefficient (Wildman–Crippen LogP) is 2.77. The summed E-state index contributed by atoms with van der Waals surface area (Å²) in [5.41, 5.74) is 4.26. The number of carboxylic acid groups (broad SMARTS) is 1. The van der Waals surface area contributed by atoms with E-state index in [1.54, 1.807) is 24.3 Å². The Hall–Kier alpha value is -3.13. The third-order valence-corrected chi connectivity index (χ3v) is 4.01. The number of amides is 1. The highest BCUT2D eigenvalue weighted by Crippen LogP contribution is 2.22. The van der Waals surface area contributed by atoms with Gasteiger partial charge in [-0.05, 0) is 18.2 Å². The summed E-state index contributed by atoms with van der Waals surface area (Å²) in [6.07, 6.45) is 1.30. The molecule has 2 aromatic carbocycles. The van der Waals surface area contributed by atoms with Crippen molar-refractivity contribution in [1.29, 1.82) is 0 Å². The summed E-state index contributed by atoms with van der Waals surface area (Å²) in [5, 5.41) is 13.3. The number of hydrazone groups is 1. The molecule has 1 aromatic heterocycles. The van der Waals surface area contributed by atoms with Crippen LogP contribution < -0.4 is 5.43 Å². The van der Waals surface area contributed by atoms with Gasteiger partial charge in [-0.3, -0.25) is 4.79 Å². The zero-order valence-electron chi connectivity index (χ0n) is 12.9. The van der Waals surface area contributed by atoms with Gasteiger partial charge >= 0.3 is 5.97 Å².